The molecule has 31 heavy (non-hydrogen) atoms. The van der Waals surface area contributed by atoms with Crippen LogP contribution in [0.3, 0.4) is 0 Å². The topological polar surface area (TPSA) is 95.0 Å². The van der Waals surface area contributed by atoms with Crippen LogP contribution in [0.25, 0.3) is 10.9 Å². The number of carbonyl (C=O) groups is 2. The Bertz CT molecular complexity index is 1010. The predicted octanol–water partition coefficient (Wildman–Crippen LogP) is 1.69. The van der Waals surface area contributed by atoms with E-state index in [2.05, 4.69) is 27.3 Å². The van der Waals surface area contributed by atoms with Crippen LogP contribution in [-0.4, -0.2) is 71.9 Å². The van der Waals surface area contributed by atoms with Crippen molar-refractivity contribution in [3.8, 4) is 0 Å². The molecule has 2 aliphatic heterocycles. The highest BCUT2D eigenvalue weighted by Crippen LogP contribution is 2.40. The zero-order valence-electron chi connectivity index (χ0n) is 17.7. The number of aryl methyl sites for hydroxylation is 1. The summed E-state index contributed by atoms with van der Waals surface area (Å²) in [6, 6.07) is 10.1. The number of aromatic nitrogens is 1. The highest BCUT2D eigenvalue weighted by Gasteiger charge is 2.42. The van der Waals surface area contributed by atoms with Crippen molar-refractivity contribution in [3.05, 3.63) is 36.0 Å². The van der Waals surface area contributed by atoms with Gasteiger partial charge in [-0.05, 0) is 43.7 Å². The van der Waals surface area contributed by atoms with Crippen molar-refractivity contribution >= 4 is 28.6 Å². The molecule has 1 aromatic carbocycles. The molecule has 1 saturated carbocycles. The first-order valence-electron chi connectivity index (χ1n) is 11.0. The summed E-state index contributed by atoms with van der Waals surface area (Å²) in [6.07, 6.45) is 0.373. The number of nitrogens with zero attached hydrogens (tertiary/aromatic N) is 3. The zero-order chi connectivity index (χ0) is 21.5. The Morgan fingerprint density at radius 3 is 2.81 bits per heavy atom. The minimum atomic E-state index is -0.577. The van der Waals surface area contributed by atoms with Gasteiger partial charge in [0.1, 0.15) is 13.2 Å². The van der Waals surface area contributed by atoms with Gasteiger partial charge in [-0.15, -0.1) is 0 Å². The lowest BCUT2D eigenvalue weighted by Crippen LogP contribution is -2.51. The maximum Gasteiger partial charge on any atom is 0.410 e. The summed E-state index contributed by atoms with van der Waals surface area (Å²) in [5, 5.41) is 14.8. The summed E-state index contributed by atoms with van der Waals surface area (Å²) in [6.45, 7) is 4.54. The number of benzene rings is 1. The van der Waals surface area contributed by atoms with Gasteiger partial charge in [-0.1, -0.05) is 18.2 Å². The highest BCUT2D eigenvalue weighted by molar-refractivity contribution is 5.92. The SMILES string of the molecule is Cc1cc(N2C[C@H]3C[C@H](O)[C@@H](NC(=O)CN4CCOC4=O)C[C@H]3C2)c2ccccc2n1. The van der Waals surface area contributed by atoms with Crippen molar-refractivity contribution in [2.75, 3.05) is 37.7 Å². The van der Waals surface area contributed by atoms with Crippen LogP contribution in [0.5, 0.6) is 0 Å². The van der Waals surface area contributed by atoms with E-state index in [4.69, 9.17) is 4.74 Å². The summed E-state index contributed by atoms with van der Waals surface area (Å²) in [5.74, 6) is 0.550. The monoisotopic (exact) mass is 424 g/mol. The molecular weight excluding hydrogens is 396 g/mol. The molecular formula is C23H28N4O4. The second-order valence-electron chi connectivity index (χ2n) is 8.97. The van der Waals surface area contributed by atoms with Crippen LogP contribution in [-0.2, 0) is 9.53 Å². The first-order valence-corrected chi connectivity index (χ1v) is 11.0. The largest absolute Gasteiger partial charge is 0.448 e. The molecule has 2 N–H and O–H groups in total. The van der Waals surface area contributed by atoms with Crippen LogP contribution in [0.15, 0.2) is 30.3 Å². The standard InChI is InChI=1S/C23H28N4O4/c1-14-8-20(17-4-2-3-5-18(17)24-14)27-11-15-9-19(21(28)10-16(15)12-27)25-22(29)13-26-6-7-31-23(26)30/h2-5,8,15-16,19,21,28H,6-7,9-13H2,1H3,(H,25,29)/t15-,16+,19-,21-/m0/s1. The van der Waals surface area contributed by atoms with Gasteiger partial charge >= 0.3 is 6.09 Å². The normalized spacial score (nSPS) is 28.0. The van der Waals surface area contributed by atoms with Gasteiger partial charge in [-0.3, -0.25) is 14.7 Å². The molecule has 2 aromatic rings. The fourth-order valence-corrected chi connectivity index (χ4v) is 5.32. The summed E-state index contributed by atoms with van der Waals surface area (Å²) < 4.78 is 4.87. The van der Waals surface area contributed by atoms with Crippen molar-refractivity contribution in [1.29, 1.82) is 0 Å². The number of aliphatic hydroxyl groups excluding tert-OH is 1. The number of fused-ring (bicyclic) bond motifs is 2. The predicted molar refractivity (Wildman–Crippen MR) is 116 cm³/mol. The van der Waals surface area contributed by atoms with Gasteiger partial charge in [0.05, 0.1) is 24.2 Å². The maximum absolute atomic E-state index is 12.4. The number of amides is 2. The van der Waals surface area contributed by atoms with Crippen molar-refractivity contribution < 1.29 is 19.4 Å². The minimum absolute atomic E-state index is 0.0233. The van der Waals surface area contributed by atoms with Gasteiger partial charge in [0, 0.05) is 29.9 Å². The molecule has 4 atom stereocenters. The summed E-state index contributed by atoms with van der Waals surface area (Å²) >= 11 is 0. The van der Waals surface area contributed by atoms with Gasteiger partial charge in [0.2, 0.25) is 5.91 Å². The number of hydrogen-bond donors (Lipinski definition) is 2. The lowest BCUT2D eigenvalue weighted by molar-refractivity contribution is -0.123. The van der Waals surface area contributed by atoms with E-state index in [-0.39, 0.29) is 18.5 Å². The molecule has 3 aliphatic rings. The van der Waals surface area contributed by atoms with E-state index in [1.807, 2.05) is 25.1 Å². The molecule has 0 bridgehead atoms. The number of ether oxygens (including phenoxy) is 1. The molecule has 3 heterocycles. The Balaban J connectivity index is 1.27. The molecule has 2 amide bonds. The van der Waals surface area contributed by atoms with E-state index in [1.54, 1.807) is 0 Å². The average Bonchev–Trinajstić information content (AvgIpc) is 3.33. The van der Waals surface area contributed by atoms with Crippen LogP contribution in [0.1, 0.15) is 18.5 Å². The maximum atomic E-state index is 12.4. The Morgan fingerprint density at radius 2 is 2.03 bits per heavy atom. The molecule has 8 heteroatoms. The lowest BCUT2D eigenvalue weighted by Gasteiger charge is -2.35. The molecule has 1 aromatic heterocycles. The number of aliphatic hydroxyl groups is 1. The number of hydrogen-bond acceptors (Lipinski definition) is 6. The number of carbonyl (C=O) groups excluding carboxylic acids is 2. The number of anilines is 1. The highest BCUT2D eigenvalue weighted by atomic mass is 16.6. The minimum Gasteiger partial charge on any atom is -0.448 e. The van der Waals surface area contributed by atoms with Crippen molar-refractivity contribution in [3.63, 3.8) is 0 Å². The third-order valence-electron chi connectivity index (χ3n) is 6.83. The molecule has 0 spiro atoms. The van der Waals surface area contributed by atoms with Gasteiger partial charge in [-0.2, -0.15) is 0 Å². The number of cyclic esters (lactones) is 1. The second kappa shape index (κ2) is 8.00. The Morgan fingerprint density at radius 1 is 1.26 bits per heavy atom. The van der Waals surface area contributed by atoms with Crippen LogP contribution >= 0.6 is 0 Å². The van der Waals surface area contributed by atoms with Gasteiger partial charge in [-0.25, -0.2) is 4.79 Å². The molecule has 0 unspecified atom stereocenters. The third-order valence-corrected chi connectivity index (χ3v) is 6.83. The van der Waals surface area contributed by atoms with Gasteiger partial charge < -0.3 is 20.1 Å². The quantitative estimate of drug-likeness (QED) is 0.776. The molecule has 164 valence electrons. The summed E-state index contributed by atoms with van der Waals surface area (Å²) in [5.41, 5.74) is 3.19. The first-order chi connectivity index (χ1) is 15.0. The summed E-state index contributed by atoms with van der Waals surface area (Å²) in [4.78, 5) is 32.4. The first kappa shape index (κ1) is 20.1. The van der Waals surface area contributed by atoms with E-state index < -0.39 is 12.2 Å². The van der Waals surface area contributed by atoms with E-state index >= 15 is 0 Å². The third kappa shape index (κ3) is 3.92. The van der Waals surface area contributed by atoms with Crippen LogP contribution < -0.4 is 10.2 Å². The van der Waals surface area contributed by atoms with Crippen molar-refractivity contribution in [2.24, 2.45) is 11.8 Å². The molecule has 8 nitrogen and oxygen atoms in total. The average molecular weight is 425 g/mol. The summed E-state index contributed by atoms with van der Waals surface area (Å²) in [7, 11) is 0. The lowest BCUT2D eigenvalue weighted by atomic mass is 9.77. The van der Waals surface area contributed by atoms with Gasteiger partial charge in [0.25, 0.3) is 0 Å². The Hall–Kier alpha value is -2.87. The second-order valence-corrected chi connectivity index (χ2v) is 8.97. The van der Waals surface area contributed by atoms with Crippen LogP contribution in [0.2, 0.25) is 0 Å². The molecule has 5 rings (SSSR count). The number of para-hydroxylation sites is 1. The fraction of sp³-hybridized carbons (Fsp3) is 0.522. The molecule has 2 saturated heterocycles. The molecule has 3 fully saturated rings. The van der Waals surface area contributed by atoms with Crippen molar-refractivity contribution in [1.82, 2.24) is 15.2 Å². The molecule has 0 radical (unpaired) electrons. The Kier molecular flexibility index (Phi) is 5.17. The van der Waals surface area contributed by atoms with Crippen molar-refractivity contribution in [2.45, 2.75) is 31.9 Å². The van der Waals surface area contributed by atoms with Crippen LogP contribution in [0.4, 0.5) is 10.5 Å². The van der Waals surface area contributed by atoms with E-state index in [1.165, 1.54) is 10.6 Å². The van der Waals surface area contributed by atoms with E-state index in [0.717, 1.165) is 36.1 Å². The smallest absolute Gasteiger partial charge is 0.410 e. The number of rotatable bonds is 4. The fourth-order valence-electron chi connectivity index (χ4n) is 5.32. The van der Waals surface area contributed by atoms with Gasteiger partial charge in [0.15, 0.2) is 0 Å². The zero-order valence-corrected chi connectivity index (χ0v) is 17.7. The molecule has 1 aliphatic carbocycles. The number of pyridine rings is 1. The van der Waals surface area contributed by atoms with Crippen LogP contribution in [0, 0.1) is 18.8 Å². The van der Waals surface area contributed by atoms with E-state index in [9.17, 15) is 14.7 Å². The number of nitrogens with one attached hydrogen (secondary N) is 1. The Labute approximate surface area is 181 Å². The van der Waals surface area contributed by atoms with E-state index in [0.29, 0.717) is 31.4 Å².